The van der Waals surface area contributed by atoms with E-state index >= 15 is 0 Å². The highest BCUT2D eigenvalue weighted by molar-refractivity contribution is 6.08. The van der Waals surface area contributed by atoms with Crippen molar-refractivity contribution < 1.29 is 14.5 Å². The second-order valence-electron chi connectivity index (χ2n) is 4.17. The van der Waals surface area contributed by atoms with Gasteiger partial charge in [-0.1, -0.05) is 18.2 Å². The molecule has 0 aliphatic carbocycles. The lowest BCUT2D eigenvalue weighted by molar-refractivity contribution is -0.384. The van der Waals surface area contributed by atoms with E-state index in [0.29, 0.717) is 0 Å². The van der Waals surface area contributed by atoms with Crippen molar-refractivity contribution in [3.05, 3.63) is 69.8 Å². The van der Waals surface area contributed by atoms with Crippen LogP contribution in [0.15, 0.2) is 48.5 Å². The molecule has 0 aliphatic rings. The number of hydrogen-bond acceptors (Lipinski definition) is 4. The second kappa shape index (κ2) is 5.83. The Morgan fingerprint density at radius 1 is 1.10 bits per heavy atom. The van der Waals surface area contributed by atoms with E-state index in [9.17, 15) is 19.7 Å². The number of hydrogen-bond donors (Lipinski definition) is 2. The summed E-state index contributed by atoms with van der Waals surface area (Å²) in [7, 11) is 0. The highest BCUT2D eigenvalue weighted by atomic mass is 16.6. The van der Waals surface area contributed by atoms with Crippen molar-refractivity contribution in [2.24, 2.45) is 5.73 Å². The summed E-state index contributed by atoms with van der Waals surface area (Å²) >= 11 is 0. The normalized spacial score (nSPS) is 9.90. The molecule has 0 aliphatic heterocycles. The molecule has 0 saturated carbocycles. The first-order valence-corrected chi connectivity index (χ1v) is 5.93. The van der Waals surface area contributed by atoms with E-state index in [4.69, 9.17) is 5.73 Å². The Kier molecular flexibility index (Phi) is 3.94. The number of carbonyl (C=O) groups excluding carboxylic acids is 2. The SMILES string of the molecule is NC(=O)c1ccccc1NC(=O)c1cccc([N+](=O)[O-])c1. The van der Waals surface area contributed by atoms with Crippen molar-refractivity contribution in [1.82, 2.24) is 0 Å². The van der Waals surface area contributed by atoms with Crippen molar-refractivity contribution in [3.8, 4) is 0 Å². The minimum Gasteiger partial charge on any atom is -0.366 e. The molecule has 0 bridgehead atoms. The van der Waals surface area contributed by atoms with Gasteiger partial charge in [0.05, 0.1) is 16.2 Å². The van der Waals surface area contributed by atoms with Crippen LogP contribution in [0.4, 0.5) is 11.4 Å². The third-order valence-electron chi connectivity index (χ3n) is 2.76. The predicted octanol–water partition coefficient (Wildman–Crippen LogP) is 1.95. The quantitative estimate of drug-likeness (QED) is 0.659. The topological polar surface area (TPSA) is 115 Å². The molecule has 2 aromatic rings. The van der Waals surface area contributed by atoms with E-state index < -0.39 is 16.7 Å². The van der Waals surface area contributed by atoms with Gasteiger partial charge in [-0.15, -0.1) is 0 Å². The summed E-state index contributed by atoms with van der Waals surface area (Å²) < 4.78 is 0. The number of benzene rings is 2. The summed E-state index contributed by atoms with van der Waals surface area (Å²) in [6.07, 6.45) is 0. The summed E-state index contributed by atoms with van der Waals surface area (Å²) in [5.74, 6) is -1.24. The van der Waals surface area contributed by atoms with Gasteiger partial charge in [0, 0.05) is 17.7 Å². The van der Waals surface area contributed by atoms with Crippen LogP contribution in [0.1, 0.15) is 20.7 Å². The fraction of sp³-hybridized carbons (Fsp3) is 0. The van der Waals surface area contributed by atoms with Crippen LogP contribution < -0.4 is 11.1 Å². The van der Waals surface area contributed by atoms with E-state index in [2.05, 4.69) is 5.32 Å². The molecular weight excluding hydrogens is 274 g/mol. The standard InChI is InChI=1S/C14H11N3O4/c15-13(18)11-6-1-2-7-12(11)16-14(19)9-4-3-5-10(8-9)17(20)21/h1-8H,(H2,15,18)(H,16,19). The number of para-hydroxylation sites is 1. The molecule has 0 aromatic heterocycles. The number of primary amides is 1. The maximum Gasteiger partial charge on any atom is 0.270 e. The van der Waals surface area contributed by atoms with Gasteiger partial charge in [-0.2, -0.15) is 0 Å². The van der Waals surface area contributed by atoms with Gasteiger partial charge in [0.2, 0.25) is 0 Å². The summed E-state index contributed by atoms with van der Waals surface area (Å²) in [5.41, 5.74) is 5.55. The molecular formula is C14H11N3O4. The average Bonchev–Trinajstić information content (AvgIpc) is 2.47. The number of nitro groups is 1. The van der Waals surface area contributed by atoms with Gasteiger partial charge in [0.1, 0.15) is 0 Å². The summed E-state index contributed by atoms with van der Waals surface area (Å²) in [4.78, 5) is 33.4. The molecule has 7 heteroatoms. The Hall–Kier alpha value is -3.22. The van der Waals surface area contributed by atoms with Crippen molar-refractivity contribution in [1.29, 1.82) is 0 Å². The molecule has 0 heterocycles. The Morgan fingerprint density at radius 3 is 2.48 bits per heavy atom. The van der Waals surface area contributed by atoms with Crippen LogP contribution in [0.3, 0.4) is 0 Å². The lowest BCUT2D eigenvalue weighted by atomic mass is 10.1. The monoisotopic (exact) mass is 285 g/mol. The maximum absolute atomic E-state index is 12.1. The van der Waals surface area contributed by atoms with Crippen LogP contribution in [0, 0.1) is 10.1 Å². The molecule has 3 N–H and O–H groups in total. The molecule has 2 amide bonds. The largest absolute Gasteiger partial charge is 0.366 e. The third-order valence-corrected chi connectivity index (χ3v) is 2.76. The molecule has 0 atom stereocenters. The van der Waals surface area contributed by atoms with Crippen LogP contribution in [-0.2, 0) is 0 Å². The number of rotatable bonds is 4. The molecule has 0 unspecified atom stereocenters. The Bertz CT molecular complexity index is 728. The number of anilines is 1. The minimum atomic E-state index is -0.676. The zero-order valence-electron chi connectivity index (χ0n) is 10.8. The molecule has 7 nitrogen and oxygen atoms in total. The number of nitrogens with two attached hydrogens (primary N) is 1. The molecule has 0 saturated heterocycles. The average molecular weight is 285 g/mol. The first kappa shape index (κ1) is 14.2. The number of non-ortho nitro benzene ring substituents is 1. The summed E-state index contributed by atoms with van der Waals surface area (Å²) in [6.45, 7) is 0. The lowest BCUT2D eigenvalue weighted by Crippen LogP contribution is -2.18. The lowest BCUT2D eigenvalue weighted by Gasteiger charge is -2.08. The Morgan fingerprint density at radius 2 is 1.81 bits per heavy atom. The highest BCUT2D eigenvalue weighted by Gasteiger charge is 2.14. The summed E-state index contributed by atoms with van der Waals surface area (Å²) in [6, 6.07) is 11.5. The first-order valence-electron chi connectivity index (χ1n) is 5.93. The third kappa shape index (κ3) is 3.21. The molecule has 106 valence electrons. The fourth-order valence-electron chi connectivity index (χ4n) is 1.76. The predicted molar refractivity (Wildman–Crippen MR) is 76.0 cm³/mol. The van der Waals surface area contributed by atoms with Crippen LogP contribution in [0.2, 0.25) is 0 Å². The van der Waals surface area contributed by atoms with Gasteiger partial charge < -0.3 is 11.1 Å². The first-order chi connectivity index (χ1) is 9.99. The number of nitrogens with zero attached hydrogens (tertiary/aromatic N) is 1. The molecule has 0 spiro atoms. The molecule has 2 rings (SSSR count). The number of carbonyl (C=O) groups is 2. The van der Waals surface area contributed by atoms with Gasteiger partial charge in [-0.3, -0.25) is 19.7 Å². The molecule has 2 aromatic carbocycles. The van der Waals surface area contributed by atoms with Crippen molar-refractivity contribution in [2.75, 3.05) is 5.32 Å². The van der Waals surface area contributed by atoms with E-state index in [-0.39, 0.29) is 22.5 Å². The fourth-order valence-corrected chi connectivity index (χ4v) is 1.76. The number of nitrogens with one attached hydrogen (secondary N) is 1. The van der Waals surface area contributed by atoms with Crippen molar-refractivity contribution in [2.45, 2.75) is 0 Å². The Labute approximate surface area is 119 Å². The number of nitro benzene ring substituents is 1. The van der Waals surface area contributed by atoms with Crippen LogP contribution in [0.5, 0.6) is 0 Å². The van der Waals surface area contributed by atoms with Gasteiger partial charge in [-0.05, 0) is 18.2 Å². The van der Waals surface area contributed by atoms with Crippen LogP contribution in [0.25, 0.3) is 0 Å². The second-order valence-corrected chi connectivity index (χ2v) is 4.17. The van der Waals surface area contributed by atoms with Crippen molar-refractivity contribution >= 4 is 23.2 Å². The van der Waals surface area contributed by atoms with E-state index in [1.54, 1.807) is 12.1 Å². The smallest absolute Gasteiger partial charge is 0.270 e. The zero-order valence-corrected chi connectivity index (χ0v) is 10.8. The highest BCUT2D eigenvalue weighted by Crippen LogP contribution is 2.18. The van der Waals surface area contributed by atoms with E-state index in [1.165, 1.54) is 30.3 Å². The van der Waals surface area contributed by atoms with Crippen LogP contribution in [-0.4, -0.2) is 16.7 Å². The van der Waals surface area contributed by atoms with Crippen LogP contribution >= 0.6 is 0 Å². The van der Waals surface area contributed by atoms with Gasteiger partial charge in [0.15, 0.2) is 0 Å². The maximum atomic E-state index is 12.1. The molecule has 0 radical (unpaired) electrons. The van der Waals surface area contributed by atoms with Gasteiger partial charge >= 0.3 is 0 Å². The summed E-state index contributed by atoms with van der Waals surface area (Å²) in [5, 5.41) is 13.2. The van der Waals surface area contributed by atoms with E-state index in [0.717, 1.165) is 6.07 Å². The van der Waals surface area contributed by atoms with Crippen molar-refractivity contribution in [3.63, 3.8) is 0 Å². The van der Waals surface area contributed by atoms with E-state index in [1.807, 2.05) is 0 Å². The number of amides is 2. The molecule has 0 fully saturated rings. The Balaban J connectivity index is 2.28. The molecule has 21 heavy (non-hydrogen) atoms. The minimum absolute atomic E-state index is 0.114. The van der Waals surface area contributed by atoms with Gasteiger partial charge in [-0.25, -0.2) is 0 Å². The zero-order chi connectivity index (χ0) is 15.4. The van der Waals surface area contributed by atoms with Gasteiger partial charge in [0.25, 0.3) is 17.5 Å².